The average Bonchev–Trinajstić information content (AvgIpc) is 2.29. The maximum atomic E-state index is 5.87. The van der Waals surface area contributed by atoms with Crippen LogP contribution in [-0.2, 0) is 4.74 Å². The molecule has 1 aliphatic heterocycles. The van der Waals surface area contributed by atoms with Gasteiger partial charge in [-0.15, -0.1) is 0 Å². The second kappa shape index (κ2) is 8.04. The molecule has 1 rings (SSSR count). The fourth-order valence-corrected chi connectivity index (χ4v) is 2.19. The molecule has 1 aliphatic rings. The van der Waals surface area contributed by atoms with E-state index in [0.717, 1.165) is 19.7 Å². The van der Waals surface area contributed by atoms with Gasteiger partial charge < -0.3 is 10.5 Å². The van der Waals surface area contributed by atoms with E-state index >= 15 is 0 Å². The molecule has 1 heterocycles. The van der Waals surface area contributed by atoms with E-state index in [9.17, 15) is 0 Å². The normalized spacial score (nSPS) is 24.6. The van der Waals surface area contributed by atoms with Crippen LogP contribution in [0.3, 0.4) is 0 Å². The van der Waals surface area contributed by atoms with Gasteiger partial charge in [-0.3, -0.25) is 4.90 Å². The van der Waals surface area contributed by atoms with E-state index in [1.807, 2.05) is 6.92 Å². The van der Waals surface area contributed by atoms with Crippen LogP contribution < -0.4 is 5.73 Å². The number of rotatable bonds is 7. The molecule has 0 amide bonds. The molecule has 0 spiro atoms. The Morgan fingerprint density at radius 3 is 2.75 bits per heavy atom. The van der Waals surface area contributed by atoms with E-state index in [1.165, 1.54) is 38.6 Å². The van der Waals surface area contributed by atoms with E-state index in [1.54, 1.807) is 0 Å². The van der Waals surface area contributed by atoms with Gasteiger partial charge in [0.25, 0.3) is 0 Å². The molecule has 3 heteroatoms. The zero-order valence-electron chi connectivity index (χ0n) is 11.0. The molecule has 96 valence electrons. The quantitative estimate of drug-likeness (QED) is 0.677. The van der Waals surface area contributed by atoms with Crippen LogP contribution in [0.25, 0.3) is 0 Å². The molecule has 0 aromatic heterocycles. The van der Waals surface area contributed by atoms with Crippen molar-refractivity contribution in [2.45, 2.75) is 58.1 Å². The monoisotopic (exact) mass is 228 g/mol. The van der Waals surface area contributed by atoms with E-state index in [-0.39, 0.29) is 12.1 Å². The molecule has 0 saturated carbocycles. The largest absolute Gasteiger partial charge is 0.374 e. The molecule has 0 aliphatic carbocycles. The van der Waals surface area contributed by atoms with Crippen molar-refractivity contribution in [1.29, 1.82) is 0 Å². The van der Waals surface area contributed by atoms with Gasteiger partial charge in [0.1, 0.15) is 0 Å². The van der Waals surface area contributed by atoms with Gasteiger partial charge in [-0.25, -0.2) is 0 Å². The summed E-state index contributed by atoms with van der Waals surface area (Å²) < 4.78 is 5.65. The van der Waals surface area contributed by atoms with Gasteiger partial charge in [0.2, 0.25) is 0 Å². The van der Waals surface area contributed by atoms with Crippen molar-refractivity contribution in [2.75, 3.05) is 26.2 Å². The highest BCUT2D eigenvalue weighted by Crippen LogP contribution is 2.10. The second-order valence-electron chi connectivity index (χ2n) is 4.98. The lowest BCUT2D eigenvalue weighted by Crippen LogP contribution is -2.49. The number of unbranched alkanes of at least 4 members (excludes halogenated alkanes) is 4. The molecule has 1 saturated heterocycles. The number of ether oxygens (including phenoxy) is 1. The van der Waals surface area contributed by atoms with Crippen LogP contribution in [0.4, 0.5) is 0 Å². The van der Waals surface area contributed by atoms with E-state index < -0.39 is 0 Å². The SMILES string of the molecule is CCCCCCCN1CCOC(C(C)N)C1. The molecule has 1 fully saturated rings. The topological polar surface area (TPSA) is 38.5 Å². The lowest BCUT2D eigenvalue weighted by Gasteiger charge is -2.34. The minimum absolute atomic E-state index is 0.155. The first-order chi connectivity index (χ1) is 7.74. The van der Waals surface area contributed by atoms with Crippen LogP contribution in [-0.4, -0.2) is 43.3 Å². The summed E-state index contributed by atoms with van der Waals surface area (Å²) in [6, 6.07) is 0.155. The molecule has 0 bridgehead atoms. The molecule has 2 unspecified atom stereocenters. The first-order valence-corrected chi connectivity index (χ1v) is 6.83. The van der Waals surface area contributed by atoms with Gasteiger partial charge in [-0.2, -0.15) is 0 Å². The zero-order valence-corrected chi connectivity index (χ0v) is 11.0. The fraction of sp³-hybridized carbons (Fsp3) is 1.00. The van der Waals surface area contributed by atoms with Crippen molar-refractivity contribution >= 4 is 0 Å². The Labute approximate surface area is 100 Å². The molecule has 2 N–H and O–H groups in total. The molecule has 0 radical (unpaired) electrons. The van der Waals surface area contributed by atoms with Crippen LogP contribution in [0, 0.1) is 0 Å². The highest BCUT2D eigenvalue weighted by atomic mass is 16.5. The molecule has 0 aromatic rings. The molecule has 16 heavy (non-hydrogen) atoms. The van der Waals surface area contributed by atoms with Crippen LogP contribution in [0.5, 0.6) is 0 Å². The van der Waals surface area contributed by atoms with E-state index in [0.29, 0.717) is 0 Å². The van der Waals surface area contributed by atoms with E-state index in [2.05, 4.69) is 11.8 Å². The molecular formula is C13H28N2O. The maximum absolute atomic E-state index is 5.87. The summed E-state index contributed by atoms with van der Waals surface area (Å²) in [7, 11) is 0. The Hall–Kier alpha value is -0.120. The summed E-state index contributed by atoms with van der Waals surface area (Å²) in [5, 5.41) is 0. The van der Waals surface area contributed by atoms with Crippen molar-refractivity contribution in [1.82, 2.24) is 4.90 Å². The third-order valence-corrected chi connectivity index (χ3v) is 3.34. The molecular weight excluding hydrogens is 200 g/mol. The van der Waals surface area contributed by atoms with E-state index in [4.69, 9.17) is 10.5 Å². The van der Waals surface area contributed by atoms with Crippen molar-refractivity contribution in [3.05, 3.63) is 0 Å². The molecule has 2 atom stereocenters. The van der Waals surface area contributed by atoms with Crippen molar-refractivity contribution < 1.29 is 4.74 Å². The smallest absolute Gasteiger partial charge is 0.0850 e. The molecule has 0 aromatic carbocycles. The summed E-state index contributed by atoms with van der Waals surface area (Å²) in [6.07, 6.45) is 7.03. The Balaban J connectivity index is 2.07. The Morgan fingerprint density at radius 2 is 2.06 bits per heavy atom. The Morgan fingerprint density at radius 1 is 1.31 bits per heavy atom. The Kier molecular flexibility index (Phi) is 7.01. The predicted octanol–water partition coefficient (Wildman–Crippen LogP) is 2.00. The average molecular weight is 228 g/mol. The number of morpholine rings is 1. The van der Waals surface area contributed by atoms with Gasteiger partial charge in [0.15, 0.2) is 0 Å². The van der Waals surface area contributed by atoms with Crippen molar-refractivity contribution in [2.24, 2.45) is 5.73 Å². The van der Waals surface area contributed by atoms with Gasteiger partial charge in [-0.1, -0.05) is 32.6 Å². The minimum atomic E-state index is 0.155. The minimum Gasteiger partial charge on any atom is -0.374 e. The third-order valence-electron chi connectivity index (χ3n) is 3.34. The zero-order chi connectivity index (χ0) is 11.8. The van der Waals surface area contributed by atoms with Crippen LogP contribution in [0.1, 0.15) is 46.0 Å². The first kappa shape index (κ1) is 13.9. The van der Waals surface area contributed by atoms with Crippen molar-refractivity contribution in [3.8, 4) is 0 Å². The van der Waals surface area contributed by atoms with Crippen LogP contribution in [0.2, 0.25) is 0 Å². The fourth-order valence-electron chi connectivity index (χ4n) is 2.19. The second-order valence-corrected chi connectivity index (χ2v) is 4.98. The first-order valence-electron chi connectivity index (χ1n) is 6.83. The van der Waals surface area contributed by atoms with Gasteiger partial charge in [-0.05, 0) is 19.9 Å². The number of nitrogens with zero attached hydrogens (tertiary/aromatic N) is 1. The van der Waals surface area contributed by atoms with Gasteiger partial charge >= 0.3 is 0 Å². The van der Waals surface area contributed by atoms with Gasteiger partial charge in [0, 0.05) is 19.1 Å². The van der Waals surface area contributed by atoms with Crippen LogP contribution >= 0.6 is 0 Å². The summed E-state index contributed by atoms with van der Waals surface area (Å²) in [6.45, 7) is 8.46. The number of nitrogens with two attached hydrogens (primary N) is 1. The highest BCUT2D eigenvalue weighted by molar-refractivity contribution is 4.77. The highest BCUT2D eigenvalue weighted by Gasteiger charge is 2.22. The Bertz CT molecular complexity index is 173. The predicted molar refractivity (Wildman–Crippen MR) is 68.6 cm³/mol. The van der Waals surface area contributed by atoms with Crippen LogP contribution in [0.15, 0.2) is 0 Å². The summed E-state index contributed by atoms with van der Waals surface area (Å²) in [5.41, 5.74) is 5.87. The van der Waals surface area contributed by atoms with Crippen molar-refractivity contribution in [3.63, 3.8) is 0 Å². The van der Waals surface area contributed by atoms with Gasteiger partial charge in [0.05, 0.1) is 12.7 Å². The number of hydrogen-bond donors (Lipinski definition) is 1. The molecule has 3 nitrogen and oxygen atoms in total. The maximum Gasteiger partial charge on any atom is 0.0850 e. The number of hydrogen-bond acceptors (Lipinski definition) is 3. The lowest BCUT2D eigenvalue weighted by atomic mass is 10.1. The summed E-state index contributed by atoms with van der Waals surface area (Å²) in [5.74, 6) is 0. The lowest BCUT2D eigenvalue weighted by molar-refractivity contribution is -0.0379. The standard InChI is InChI=1S/C13H28N2O/c1-3-4-5-6-7-8-15-9-10-16-13(11-15)12(2)14/h12-13H,3-11,14H2,1-2H3. The summed E-state index contributed by atoms with van der Waals surface area (Å²) >= 11 is 0. The third kappa shape index (κ3) is 5.28. The summed E-state index contributed by atoms with van der Waals surface area (Å²) in [4.78, 5) is 2.50.